The zero-order valence-electron chi connectivity index (χ0n) is 13.6. The van der Waals surface area contributed by atoms with Crippen LogP contribution in [-0.2, 0) is 6.54 Å². The Kier molecular flexibility index (Phi) is 4.15. The maximum Gasteiger partial charge on any atom is 0.251 e. The molecule has 0 aliphatic heterocycles. The number of rotatable bonds is 4. The van der Waals surface area contributed by atoms with Gasteiger partial charge in [0.05, 0.1) is 0 Å². The Hall–Kier alpha value is -3.54. The second kappa shape index (κ2) is 6.76. The molecule has 0 fully saturated rings. The lowest BCUT2D eigenvalue weighted by Crippen LogP contribution is -2.23. The highest BCUT2D eigenvalue weighted by atomic mass is 19.1. The minimum Gasteiger partial charge on any atom is -0.435 e. The number of amides is 1. The summed E-state index contributed by atoms with van der Waals surface area (Å²) in [6, 6.07) is 16.8. The van der Waals surface area contributed by atoms with Gasteiger partial charge in [-0.1, -0.05) is 24.3 Å². The monoisotopic (exact) mass is 347 g/mol. The van der Waals surface area contributed by atoms with E-state index in [4.69, 9.17) is 4.42 Å². The number of fused-ring (bicyclic) bond motifs is 1. The van der Waals surface area contributed by atoms with Crippen molar-refractivity contribution in [2.24, 2.45) is 0 Å². The molecule has 4 rings (SSSR count). The quantitative estimate of drug-likeness (QED) is 0.607. The molecule has 128 valence electrons. The molecule has 0 saturated carbocycles. The summed E-state index contributed by atoms with van der Waals surface area (Å²) in [4.78, 5) is 20.9. The fourth-order valence-electron chi connectivity index (χ4n) is 2.58. The number of carbonyl (C=O) groups excluding carboxylic acids is 1. The van der Waals surface area contributed by atoms with Gasteiger partial charge in [-0.3, -0.25) is 9.78 Å². The first-order valence-corrected chi connectivity index (χ1v) is 8.04. The second-order valence-corrected chi connectivity index (χ2v) is 5.69. The molecule has 5 nitrogen and oxygen atoms in total. The number of pyridine rings is 1. The van der Waals surface area contributed by atoms with Crippen molar-refractivity contribution in [1.29, 1.82) is 0 Å². The Labute approximate surface area is 148 Å². The molecule has 0 bridgehead atoms. The molecule has 4 aromatic rings. The van der Waals surface area contributed by atoms with E-state index in [0.717, 1.165) is 0 Å². The average Bonchev–Trinajstić information content (AvgIpc) is 3.11. The Bertz CT molecular complexity index is 1080. The molecule has 26 heavy (non-hydrogen) atoms. The number of nitrogens with one attached hydrogen (secondary N) is 1. The van der Waals surface area contributed by atoms with E-state index >= 15 is 0 Å². The standard InChI is InChI=1S/C20H14FN3O2/c21-15-6-2-1-5-14(15)12-23-19(25)13-8-9-16-18(11-13)26-20(24-16)17-7-3-4-10-22-17/h1-11H,12H2,(H,23,25). The van der Waals surface area contributed by atoms with Crippen LogP contribution in [0.5, 0.6) is 0 Å². The summed E-state index contributed by atoms with van der Waals surface area (Å²) in [5.41, 5.74) is 2.59. The molecule has 0 radical (unpaired) electrons. The highest BCUT2D eigenvalue weighted by molar-refractivity contribution is 5.97. The molecule has 0 saturated heterocycles. The zero-order chi connectivity index (χ0) is 17.9. The highest BCUT2D eigenvalue weighted by Crippen LogP contribution is 2.23. The third-order valence-electron chi connectivity index (χ3n) is 3.93. The van der Waals surface area contributed by atoms with E-state index in [2.05, 4.69) is 15.3 Å². The lowest BCUT2D eigenvalue weighted by Gasteiger charge is -2.06. The van der Waals surface area contributed by atoms with E-state index < -0.39 is 0 Å². The third kappa shape index (κ3) is 3.17. The maximum absolute atomic E-state index is 13.6. The van der Waals surface area contributed by atoms with Crippen molar-refractivity contribution in [3.8, 4) is 11.6 Å². The first-order valence-electron chi connectivity index (χ1n) is 8.04. The molecular weight excluding hydrogens is 333 g/mol. The summed E-state index contributed by atoms with van der Waals surface area (Å²) in [5, 5.41) is 2.71. The van der Waals surface area contributed by atoms with Crippen LogP contribution in [0.4, 0.5) is 4.39 Å². The Balaban J connectivity index is 1.55. The van der Waals surface area contributed by atoms with Crippen LogP contribution in [0.2, 0.25) is 0 Å². The third-order valence-corrected chi connectivity index (χ3v) is 3.93. The molecule has 6 heteroatoms. The van der Waals surface area contributed by atoms with E-state index in [0.29, 0.717) is 33.8 Å². The second-order valence-electron chi connectivity index (χ2n) is 5.69. The van der Waals surface area contributed by atoms with Gasteiger partial charge in [0.1, 0.15) is 17.0 Å². The van der Waals surface area contributed by atoms with Gasteiger partial charge in [-0.2, -0.15) is 0 Å². The van der Waals surface area contributed by atoms with Gasteiger partial charge in [0, 0.05) is 23.9 Å². The van der Waals surface area contributed by atoms with Crippen LogP contribution in [0.15, 0.2) is 71.3 Å². The van der Waals surface area contributed by atoms with Crippen molar-refractivity contribution in [3.05, 3.63) is 83.8 Å². The molecular formula is C20H14FN3O2. The fraction of sp³-hybridized carbons (Fsp3) is 0.0500. The van der Waals surface area contributed by atoms with Crippen molar-refractivity contribution < 1.29 is 13.6 Å². The maximum atomic E-state index is 13.6. The molecule has 2 aromatic heterocycles. The first-order chi connectivity index (χ1) is 12.7. The number of oxazole rings is 1. The Morgan fingerprint density at radius 3 is 2.73 bits per heavy atom. The topological polar surface area (TPSA) is 68.0 Å². The van der Waals surface area contributed by atoms with E-state index in [1.165, 1.54) is 6.07 Å². The lowest BCUT2D eigenvalue weighted by atomic mass is 10.1. The molecule has 2 aromatic carbocycles. The van der Waals surface area contributed by atoms with Gasteiger partial charge >= 0.3 is 0 Å². The van der Waals surface area contributed by atoms with Gasteiger partial charge in [0.25, 0.3) is 5.91 Å². The minimum absolute atomic E-state index is 0.110. The van der Waals surface area contributed by atoms with Crippen LogP contribution in [0.3, 0.4) is 0 Å². The van der Waals surface area contributed by atoms with Crippen molar-refractivity contribution in [3.63, 3.8) is 0 Å². The summed E-state index contributed by atoms with van der Waals surface area (Å²) in [6.07, 6.45) is 1.66. The van der Waals surface area contributed by atoms with Gasteiger partial charge in [0.15, 0.2) is 5.58 Å². The van der Waals surface area contributed by atoms with Crippen LogP contribution >= 0.6 is 0 Å². The van der Waals surface area contributed by atoms with E-state index in [1.54, 1.807) is 48.7 Å². The van der Waals surface area contributed by atoms with Crippen LogP contribution in [0.1, 0.15) is 15.9 Å². The number of carbonyl (C=O) groups is 1. The average molecular weight is 347 g/mol. The van der Waals surface area contributed by atoms with Gasteiger partial charge in [-0.05, 0) is 36.4 Å². The number of halogens is 1. The summed E-state index contributed by atoms with van der Waals surface area (Å²) in [6.45, 7) is 0.110. The minimum atomic E-state index is -0.349. The molecule has 0 spiro atoms. The van der Waals surface area contributed by atoms with Crippen LogP contribution in [0.25, 0.3) is 22.7 Å². The molecule has 0 atom stereocenters. The first kappa shape index (κ1) is 16.0. The van der Waals surface area contributed by atoms with Crippen molar-refractivity contribution in [1.82, 2.24) is 15.3 Å². The van der Waals surface area contributed by atoms with E-state index in [-0.39, 0.29) is 18.3 Å². The van der Waals surface area contributed by atoms with E-state index in [1.807, 2.05) is 12.1 Å². The number of hydrogen-bond acceptors (Lipinski definition) is 4. The molecule has 1 N–H and O–H groups in total. The van der Waals surface area contributed by atoms with Crippen LogP contribution < -0.4 is 5.32 Å². The lowest BCUT2D eigenvalue weighted by molar-refractivity contribution is 0.0950. The zero-order valence-corrected chi connectivity index (χ0v) is 13.6. The number of benzene rings is 2. The predicted molar refractivity (Wildman–Crippen MR) is 94.8 cm³/mol. The van der Waals surface area contributed by atoms with Gasteiger partial charge in [-0.15, -0.1) is 0 Å². The molecule has 2 heterocycles. The summed E-state index contributed by atoms with van der Waals surface area (Å²) in [7, 11) is 0. The highest BCUT2D eigenvalue weighted by Gasteiger charge is 2.13. The number of nitrogens with zero attached hydrogens (tertiary/aromatic N) is 2. The molecule has 1 amide bonds. The van der Waals surface area contributed by atoms with Crippen LogP contribution in [-0.4, -0.2) is 15.9 Å². The number of hydrogen-bond donors (Lipinski definition) is 1. The SMILES string of the molecule is O=C(NCc1ccccc1F)c1ccc2nc(-c3ccccn3)oc2c1. The molecule has 0 unspecified atom stereocenters. The summed E-state index contributed by atoms with van der Waals surface area (Å²) in [5.74, 6) is -0.269. The molecule has 0 aliphatic rings. The Morgan fingerprint density at radius 2 is 1.92 bits per heavy atom. The fourth-order valence-corrected chi connectivity index (χ4v) is 2.58. The van der Waals surface area contributed by atoms with Crippen molar-refractivity contribution in [2.45, 2.75) is 6.54 Å². The number of aromatic nitrogens is 2. The van der Waals surface area contributed by atoms with Crippen molar-refractivity contribution in [2.75, 3.05) is 0 Å². The van der Waals surface area contributed by atoms with Gasteiger partial charge in [0.2, 0.25) is 5.89 Å². The normalized spacial score (nSPS) is 10.8. The largest absolute Gasteiger partial charge is 0.435 e. The summed E-state index contributed by atoms with van der Waals surface area (Å²) >= 11 is 0. The van der Waals surface area contributed by atoms with Gasteiger partial charge < -0.3 is 9.73 Å². The van der Waals surface area contributed by atoms with Crippen LogP contribution in [0, 0.1) is 5.82 Å². The Morgan fingerprint density at radius 1 is 1.08 bits per heavy atom. The van der Waals surface area contributed by atoms with Gasteiger partial charge in [-0.25, -0.2) is 9.37 Å². The smallest absolute Gasteiger partial charge is 0.251 e. The van der Waals surface area contributed by atoms with E-state index in [9.17, 15) is 9.18 Å². The summed E-state index contributed by atoms with van der Waals surface area (Å²) < 4.78 is 19.3. The predicted octanol–water partition coefficient (Wildman–Crippen LogP) is 3.96. The van der Waals surface area contributed by atoms with Crippen molar-refractivity contribution >= 4 is 17.0 Å². The molecule has 0 aliphatic carbocycles.